The molecule has 3 rings (SSSR count). The molecule has 1 aromatic rings. The van der Waals surface area contributed by atoms with E-state index in [1.54, 1.807) is 6.92 Å². The summed E-state index contributed by atoms with van der Waals surface area (Å²) in [5, 5.41) is 3.77. The largest absolute Gasteiger partial charge is 0.417 e. The van der Waals surface area contributed by atoms with E-state index in [-0.39, 0.29) is 17.7 Å². The lowest BCUT2D eigenvalue weighted by Gasteiger charge is -2.27. The van der Waals surface area contributed by atoms with Crippen LogP contribution in [-0.2, 0) is 27.0 Å². The fourth-order valence-electron chi connectivity index (χ4n) is 4.02. The Bertz CT molecular complexity index is 913. The number of oxime groups is 1. The first-order valence-electron chi connectivity index (χ1n) is 9.50. The summed E-state index contributed by atoms with van der Waals surface area (Å²) in [6.45, 7) is 2.69. The predicted octanol–water partition coefficient (Wildman–Crippen LogP) is 4.07. The third kappa shape index (κ3) is 3.97. The summed E-state index contributed by atoms with van der Waals surface area (Å²) in [6.07, 6.45) is -2.46. The van der Waals surface area contributed by atoms with Gasteiger partial charge in [0.15, 0.2) is 11.6 Å². The van der Waals surface area contributed by atoms with Crippen molar-refractivity contribution in [3.05, 3.63) is 33.9 Å². The Balaban J connectivity index is 2.26. The van der Waals surface area contributed by atoms with Gasteiger partial charge in [0, 0.05) is 17.0 Å². The SMILES string of the molecule is CO/N=C1/CCCc2c(C)cc(C(=O)C(C(C)=O)C(=O)C3CC3)c(C(F)(F)F)c21. The zero-order chi connectivity index (χ0) is 21.5. The van der Waals surface area contributed by atoms with Crippen molar-refractivity contribution >= 4 is 23.1 Å². The molecule has 29 heavy (non-hydrogen) atoms. The van der Waals surface area contributed by atoms with Gasteiger partial charge in [-0.15, -0.1) is 0 Å². The van der Waals surface area contributed by atoms with E-state index in [2.05, 4.69) is 5.16 Å². The highest BCUT2D eigenvalue weighted by atomic mass is 19.4. The summed E-state index contributed by atoms with van der Waals surface area (Å²) in [7, 11) is 1.25. The highest BCUT2D eigenvalue weighted by Gasteiger charge is 2.46. The third-order valence-corrected chi connectivity index (χ3v) is 5.47. The molecule has 1 fully saturated rings. The molecule has 0 heterocycles. The van der Waals surface area contributed by atoms with Crippen LogP contribution < -0.4 is 0 Å². The van der Waals surface area contributed by atoms with Gasteiger partial charge in [0.25, 0.3) is 0 Å². The quantitative estimate of drug-likeness (QED) is 0.403. The summed E-state index contributed by atoms with van der Waals surface area (Å²) in [4.78, 5) is 42.4. The molecule has 0 aromatic heterocycles. The van der Waals surface area contributed by atoms with Gasteiger partial charge in [0.2, 0.25) is 0 Å². The normalized spacial score (nSPS) is 18.9. The molecule has 156 valence electrons. The Kier molecular flexibility index (Phi) is 5.65. The maximum atomic E-state index is 14.2. The van der Waals surface area contributed by atoms with E-state index in [4.69, 9.17) is 4.84 Å². The van der Waals surface area contributed by atoms with Crippen LogP contribution in [0.15, 0.2) is 11.2 Å². The molecule has 5 nitrogen and oxygen atoms in total. The molecule has 0 amide bonds. The number of carbonyl (C=O) groups is 3. The Morgan fingerprint density at radius 2 is 1.86 bits per heavy atom. The van der Waals surface area contributed by atoms with Crippen molar-refractivity contribution in [3.8, 4) is 0 Å². The lowest BCUT2D eigenvalue weighted by Crippen LogP contribution is -2.34. The minimum atomic E-state index is -4.86. The number of rotatable bonds is 6. The summed E-state index contributed by atoms with van der Waals surface area (Å²) in [5.74, 6) is -4.54. The van der Waals surface area contributed by atoms with E-state index < -0.39 is 46.5 Å². The van der Waals surface area contributed by atoms with Crippen molar-refractivity contribution in [2.24, 2.45) is 17.0 Å². The van der Waals surface area contributed by atoms with E-state index >= 15 is 0 Å². The second kappa shape index (κ2) is 7.72. The summed E-state index contributed by atoms with van der Waals surface area (Å²) in [6, 6.07) is 1.16. The zero-order valence-corrected chi connectivity index (χ0v) is 16.5. The Hall–Kier alpha value is -2.51. The summed E-state index contributed by atoms with van der Waals surface area (Å²) < 4.78 is 42.5. The fraction of sp³-hybridized carbons (Fsp3) is 0.524. The Morgan fingerprint density at radius 1 is 1.21 bits per heavy atom. The number of hydrogen-bond donors (Lipinski definition) is 0. The van der Waals surface area contributed by atoms with Crippen LogP contribution in [0.25, 0.3) is 0 Å². The summed E-state index contributed by atoms with van der Waals surface area (Å²) in [5.41, 5.74) is -0.853. The van der Waals surface area contributed by atoms with Gasteiger partial charge in [-0.2, -0.15) is 13.2 Å². The molecule has 0 aliphatic heterocycles. The molecule has 0 N–H and O–H groups in total. The smallest absolute Gasteiger partial charge is 0.399 e. The molecular weight excluding hydrogens is 387 g/mol. The predicted molar refractivity (Wildman–Crippen MR) is 98.9 cm³/mol. The molecule has 2 aliphatic carbocycles. The van der Waals surface area contributed by atoms with Gasteiger partial charge in [0.05, 0.1) is 11.3 Å². The molecule has 0 bridgehead atoms. The number of fused-ring (bicyclic) bond motifs is 1. The number of benzene rings is 1. The average molecular weight is 409 g/mol. The topological polar surface area (TPSA) is 72.8 Å². The number of aryl methyl sites for hydroxylation is 1. The fourth-order valence-corrected chi connectivity index (χ4v) is 4.02. The van der Waals surface area contributed by atoms with Gasteiger partial charge in [-0.25, -0.2) is 0 Å². The van der Waals surface area contributed by atoms with E-state index in [1.165, 1.54) is 7.11 Å². The van der Waals surface area contributed by atoms with Crippen molar-refractivity contribution in [2.45, 2.75) is 52.1 Å². The maximum Gasteiger partial charge on any atom is 0.417 e. The lowest BCUT2D eigenvalue weighted by atomic mass is 9.78. The van der Waals surface area contributed by atoms with Crippen molar-refractivity contribution in [1.82, 2.24) is 0 Å². The Labute approximate surface area is 166 Å². The molecular formula is C21H22F3NO4. The molecule has 0 saturated heterocycles. The highest BCUT2D eigenvalue weighted by molar-refractivity contribution is 6.25. The standard InChI is InChI=1S/C21H22F3NO4/c1-10-9-14(20(28)16(11(2)26)19(27)12-7-8-12)18(21(22,23)24)17-13(10)5-4-6-15(17)25-29-3/h9,12,16H,4-8H2,1-3H3/b25-15-. The van der Waals surface area contributed by atoms with E-state index in [0.29, 0.717) is 36.8 Å². The molecule has 1 unspecified atom stereocenters. The molecule has 0 radical (unpaired) electrons. The number of alkyl halides is 3. The third-order valence-electron chi connectivity index (χ3n) is 5.47. The van der Waals surface area contributed by atoms with E-state index in [1.807, 2.05) is 0 Å². The van der Waals surface area contributed by atoms with Crippen LogP contribution in [0.1, 0.15) is 65.2 Å². The highest BCUT2D eigenvalue weighted by Crippen LogP contribution is 2.42. The van der Waals surface area contributed by atoms with Gasteiger partial charge in [-0.3, -0.25) is 14.4 Å². The monoisotopic (exact) mass is 409 g/mol. The number of Topliss-reactive ketones (excluding diaryl/α,β-unsaturated/α-hetero) is 3. The van der Waals surface area contributed by atoms with Gasteiger partial charge in [0.1, 0.15) is 18.8 Å². The van der Waals surface area contributed by atoms with Crippen LogP contribution in [-0.4, -0.2) is 30.2 Å². The van der Waals surface area contributed by atoms with Crippen molar-refractivity contribution in [1.29, 1.82) is 0 Å². The molecule has 8 heteroatoms. The van der Waals surface area contributed by atoms with Gasteiger partial charge >= 0.3 is 6.18 Å². The summed E-state index contributed by atoms with van der Waals surface area (Å²) >= 11 is 0. The first-order valence-corrected chi connectivity index (χ1v) is 9.50. The van der Waals surface area contributed by atoms with Crippen molar-refractivity contribution < 1.29 is 32.4 Å². The van der Waals surface area contributed by atoms with Crippen LogP contribution in [0, 0.1) is 18.8 Å². The van der Waals surface area contributed by atoms with Crippen LogP contribution in [0.2, 0.25) is 0 Å². The first-order chi connectivity index (χ1) is 13.6. The van der Waals surface area contributed by atoms with Crippen molar-refractivity contribution in [2.75, 3.05) is 7.11 Å². The average Bonchev–Trinajstić information content (AvgIpc) is 3.46. The second-order valence-electron chi connectivity index (χ2n) is 7.63. The van der Waals surface area contributed by atoms with E-state index in [9.17, 15) is 27.6 Å². The molecule has 0 spiro atoms. The van der Waals surface area contributed by atoms with Crippen molar-refractivity contribution in [3.63, 3.8) is 0 Å². The minimum Gasteiger partial charge on any atom is -0.399 e. The number of carbonyl (C=O) groups excluding carboxylic acids is 3. The van der Waals surface area contributed by atoms with Gasteiger partial charge in [-0.1, -0.05) is 5.16 Å². The van der Waals surface area contributed by atoms with Crippen LogP contribution >= 0.6 is 0 Å². The molecule has 1 atom stereocenters. The van der Waals surface area contributed by atoms with E-state index in [0.717, 1.165) is 13.0 Å². The minimum absolute atomic E-state index is 0.117. The number of hydrogen-bond acceptors (Lipinski definition) is 5. The first kappa shape index (κ1) is 21.2. The number of halogens is 3. The molecule has 1 saturated carbocycles. The van der Waals surface area contributed by atoms with Gasteiger partial charge < -0.3 is 4.84 Å². The lowest BCUT2D eigenvalue weighted by molar-refractivity contribution is -0.138. The second-order valence-corrected chi connectivity index (χ2v) is 7.63. The molecule has 2 aliphatic rings. The van der Waals surface area contributed by atoms with Crippen LogP contribution in [0.5, 0.6) is 0 Å². The number of ketones is 3. The maximum absolute atomic E-state index is 14.2. The van der Waals surface area contributed by atoms with Crippen LogP contribution in [0.4, 0.5) is 13.2 Å². The number of nitrogens with zero attached hydrogens (tertiary/aromatic N) is 1. The Morgan fingerprint density at radius 3 is 2.38 bits per heavy atom. The zero-order valence-electron chi connectivity index (χ0n) is 16.5. The van der Waals surface area contributed by atoms with Gasteiger partial charge in [-0.05, 0) is 63.1 Å². The van der Waals surface area contributed by atoms with Crippen LogP contribution in [0.3, 0.4) is 0 Å². The molecule has 1 aromatic carbocycles.